The van der Waals surface area contributed by atoms with Crippen LogP contribution in [0.3, 0.4) is 0 Å². The molecule has 0 fully saturated rings. The van der Waals surface area contributed by atoms with E-state index >= 15 is 0 Å². The molecule has 24 heavy (non-hydrogen) atoms. The number of hydrogen-bond acceptors (Lipinski definition) is 6. The van der Waals surface area contributed by atoms with Gasteiger partial charge in [-0.2, -0.15) is 10.2 Å². The molecule has 0 saturated heterocycles. The van der Waals surface area contributed by atoms with Gasteiger partial charge in [0.05, 0.1) is 14.2 Å². The van der Waals surface area contributed by atoms with E-state index < -0.39 is 0 Å². The molecule has 1 aromatic carbocycles. The van der Waals surface area contributed by atoms with Gasteiger partial charge in [-0.3, -0.25) is 0 Å². The second-order valence-electron chi connectivity index (χ2n) is 5.24. The van der Waals surface area contributed by atoms with Crippen molar-refractivity contribution in [1.29, 1.82) is 5.26 Å². The van der Waals surface area contributed by atoms with E-state index in [1.54, 1.807) is 20.3 Å². The third-order valence-corrected chi connectivity index (χ3v) is 3.57. The van der Waals surface area contributed by atoms with Crippen LogP contribution in [0.1, 0.15) is 37.4 Å². The van der Waals surface area contributed by atoms with Crippen molar-refractivity contribution in [3.05, 3.63) is 35.3 Å². The smallest absolute Gasteiger partial charge is 0.232 e. The molecule has 0 radical (unpaired) electrons. The SMILES string of the molecule is CC[C@@H](C)Nc1oc(/C=C/c2ccc(OC)c(OC)c2)nc1C#N. The average Bonchev–Trinajstić information content (AvgIpc) is 3.01. The molecule has 2 rings (SSSR count). The van der Waals surface area contributed by atoms with Gasteiger partial charge in [-0.15, -0.1) is 0 Å². The number of aromatic nitrogens is 1. The Kier molecular flexibility index (Phi) is 5.85. The first-order valence-electron chi connectivity index (χ1n) is 7.68. The number of benzene rings is 1. The molecule has 2 aromatic rings. The molecule has 1 aromatic heterocycles. The summed E-state index contributed by atoms with van der Waals surface area (Å²) in [7, 11) is 3.18. The van der Waals surface area contributed by atoms with E-state index in [1.807, 2.05) is 37.3 Å². The van der Waals surface area contributed by atoms with Gasteiger partial charge in [0, 0.05) is 12.1 Å². The van der Waals surface area contributed by atoms with Crippen molar-refractivity contribution in [3.8, 4) is 17.6 Å². The van der Waals surface area contributed by atoms with Crippen LogP contribution in [0.4, 0.5) is 5.88 Å². The van der Waals surface area contributed by atoms with Crippen molar-refractivity contribution in [2.75, 3.05) is 19.5 Å². The standard InChI is InChI=1S/C18H21N3O3/c1-5-12(2)20-18-14(11-19)21-17(24-18)9-7-13-6-8-15(22-3)16(10-13)23-4/h6-10,12,20H,5H2,1-4H3/b9-7+/t12-/m1/s1. The fraction of sp³-hybridized carbons (Fsp3) is 0.333. The average molecular weight is 327 g/mol. The highest BCUT2D eigenvalue weighted by atomic mass is 16.5. The number of rotatable bonds is 7. The van der Waals surface area contributed by atoms with Crippen LogP contribution >= 0.6 is 0 Å². The number of hydrogen-bond donors (Lipinski definition) is 1. The van der Waals surface area contributed by atoms with E-state index in [1.165, 1.54) is 0 Å². The van der Waals surface area contributed by atoms with Crippen LogP contribution in [-0.2, 0) is 0 Å². The number of anilines is 1. The fourth-order valence-electron chi connectivity index (χ4n) is 2.03. The monoisotopic (exact) mass is 327 g/mol. The third-order valence-electron chi connectivity index (χ3n) is 3.57. The van der Waals surface area contributed by atoms with Crippen LogP contribution in [0, 0.1) is 11.3 Å². The summed E-state index contributed by atoms with van der Waals surface area (Å²) in [6.45, 7) is 4.07. The Morgan fingerprint density at radius 2 is 2.04 bits per heavy atom. The maximum Gasteiger partial charge on any atom is 0.232 e. The minimum atomic E-state index is 0.202. The molecular formula is C18H21N3O3. The molecule has 0 bridgehead atoms. The lowest BCUT2D eigenvalue weighted by molar-refractivity contribution is 0.355. The van der Waals surface area contributed by atoms with E-state index in [4.69, 9.17) is 19.2 Å². The zero-order valence-corrected chi connectivity index (χ0v) is 14.3. The minimum Gasteiger partial charge on any atom is -0.493 e. The topological polar surface area (TPSA) is 80.3 Å². The molecule has 0 aliphatic carbocycles. The normalized spacial score (nSPS) is 12.0. The summed E-state index contributed by atoms with van der Waals surface area (Å²) < 4.78 is 16.1. The molecule has 6 heteroatoms. The Morgan fingerprint density at radius 1 is 1.29 bits per heavy atom. The number of nitrogens with one attached hydrogen (secondary N) is 1. The maximum absolute atomic E-state index is 9.16. The first kappa shape index (κ1) is 17.4. The molecule has 0 spiro atoms. The lowest BCUT2D eigenvalue weighted by Crippen LogP contribution is -2.13. The summed E-state index contributed by atoms with van der Waals surface area (Å²) in [5.41, 5.74) is 1.16. The van der Waals surface area contributed by atoms with Gasteiger partial charge in [-0.25, -0.2) is 0 Å². The number of nitriles is 1. The maximum atomic E-state index is 9.16. The quantitative estimate of drug-likeness (QED) is 0.829. The van der Waals surface area contributed by atoms with E-state index in [0.29, 0.717) is 23.3 Å². The molecular weight excluding hydrogens is 306 g/mol. The highest BCUT2D eigenvalue weighted by Crippen LogP contribution is 2.28. The van der Waals surface area contributed by atoms with Gasteiger partial charge in [0.15, 0.2) is 11.5 Å². The molecule has 0 aliphatic rings. The van der Waals surface area contributed by atoms with Gasteiger partial charge in [0.2, 0.25) is 17.5 Å². The van der Waals surface area contributed by atoms with Crippen LogP contribution in [-0.4, -0.2) is 25.2 Å². The predicted molar refractivity (Wildman–Crippen MR) is 93.1 cm³/mol. The van der Waals surface area contributed by atoms with E-state index in [0.717, 1.165) is 12.0 Å². The van der Waals surface area contributed by atoms with E-state index in [2.05, 4.69) is 17.2 Å². The van der Waals surface area contributed by atoms with Gasteiger partial charge in [-0.1, -0.05) is 13.0 Å². The largest absolute Gasteiger partial charge is 0.493 e. The summed E-state index contributed by atoms with van der Waals surface area (Å²) in [5.74, 6) is 2.08. The van der Waals surface area contributed by atoms with Crippen LogP contribution < -0.4 is 14.8 Å². The first-order valence-corrected chi connectivity index (χ1v) is 7.68. The van der Waals surface area contributed by atoms with Gasteiger partial charge in [-0.05, 0) is 37.1 Å². The second-order valence-corrected chi connectivity index (χ2v) is 5.24. The molecule has 0 amide bonds. The van der Waals surface area contributed by atoms with Gasteiger partial charge < -0.3 is 19.2 Å². The number of methoxy groups -OCH3 is 2. The molecule has 126 valence electrons. The Labute approximate surface area is 141 Å². The molecule has 0 unspecified atom stereocenters. The van der Waals surface area contributed by atoms with Crippen molar-refractivity contribution < 1.29 is 13.9 Å². The molecule has 1 atom stereocenters. The Balaban J connectivity index is 2.21. The zero-order chi connectivity index (χ0) is 17.5. The van der Waals surface area contributed by atoms with E-state index in [9.17, 15) is 0 Å². The van der Waals surface area contributed by atoms with Crippen LogP contribution in [0.5, 0.6) is 11.5 Å². The summed E-state index contributed by atoms with van der Waals surface area (Å²) in [6.07, 6.45) is 4.47. The van der Waals surface area contributed by atoms with Crippen molar-refractivity contribution >= 4 is 18.0 Å². The molecule has 1 N–H and O–H groups in total. The summed E-state index contributed by atoms with van der Waals surface area (Å²) in [4.78, 5) is 4.17. The molecule has 1 heterocycles. The van der Waals surface area contributed by atoms with Crippen molar-refractivity contribution in [3.63, 3.8) is 0 Å². The second kappa shape index (κ2) is 8.06. The lowest BCUT2D eigenvalue weighted by Gasteiger charge is -2.08. The van der Waals surface area contributed by atoms with Crippen LogP contribution in [0.25, 0.3) is 12.2 Å². The van der Waals surface area contributed by atoms with Crippen molar-refractivity contribution in [2.24, 2.45) is 0 Å². The molecule has 6 nitrogen and oxygen atoms in total. The van der Waals surface area contributed by atoms with E-state index in [-0.39, 0.29) is 11.7 Å². The number of oxazole rings is 1. The van der Waals surface area contributed by atoms with Crippen LogP contribution in [0.2, 0.25) is 0 Å². The Hall–Kier alpha value is -2.94. The number of nitrogens with zero attached hydrogens (tertiary/aromatic N) is 2. The van der Waals surface area contributed by atoms with Crippen LogP contribution in [0.15, 0.2) is 22.6 Å². The first-order chi connectivity index (χ1) is 11.6. The predicted octanol–water partition coefficient (Wildman–Crippen LogP) is 3.94. The van der Waals surface area contributed by atoms with Crippen molar-refractivity contribution in [2.45, 2.75) is 26.3 Å². The zero-order valence-electron chi connectivity index (χ0n) is 14.3. The van der Waals surface area contributed by atoms with Gasteiger partial charge in [0.25, 0.3) is 0 Å². The van der Waals surface area contributed by atoms with Gasteiger partial charge in [0.1, 0.15) is 6.07 Å². The molecule has 0 aliphatic heterocycles. The minimum absolute atomic E-state index is 0.202. The summed E-state index contributed by atoms with van der Waals surface area (Å²) >= 11 is 0. The fourth-order valence-corrected chi connectivity index (χ4v) is 2.03. The summed E-state index contributed by atoms with van der Waals surface area (Å²) in [5, 5.41) is 12.3. The highest BCUT2D eigenvalue weighted by molar-refractivity contribution is 5.68. The lowest BCUT2D eigenvalue weighted by atomic mass is 10.2. The molecule has 0 saturated carbocycles. The Bertz CT molecular complexity index is 759. The van der Waals surface area contributed by atoms with Gasteiger partial charge >= 0.3 is 0 Å². The van der Waals surface area contributed by atoms with Crippen molar-refractivity contribution in [1.82, 2.24) is 4.98 Å². The summed E-state index contributed by atoms with van der Waals surface area (Å²) in [6, 6.07) is 7.81. The highest BCUT2D eigenvalue weighted by Gasteiger charge is 2.13. The number of ether oxygens (including phenoxy) is 2. The third kappa shape index (κ3) is 4.07. The Morgan fingerprint density at radius 3 is 2.67 bits per heavy atom.